The van der Waals surface area contributed by atoms with E-state index in [0.717, 1.165) is 13.1 Å². The van der Waals surface area contributed by atoms with Crippen LogP contribution < -0.4 is 10.6 Å². The van der Waals surface area contributed by atoms with Gasteiger partial charge in [0.2, 0.25) is 0 Å². The van der Waals surface area contributed by atoms with E-state index in [9.17, 15) is 0 Å². The number of hydrogen-bond acceptors (Lipinski definition) is 2. The van der Waals surface area contributed by atoms with Gasteiger partial charge >= 0.3 is 0 Å². The lowest BCUT2D eigenvalue weighted by Crippen LogP contribution is -2.18. The van der Waals surface area contributed by atoms with Crippen LogP contribution in [0.15, 0.2) is 18.2 Å². The molecule has 2 N–H and O–H groups in total. The van der Waals surface area contributed by atoms with Crippen LogP contribution in [0.2, 0.25) is 0 Å². The van der Waals surface area contributed by atoms with Gasteiger partial charge in [0, 0.05) is 18.8 Å². The minimum atomic E-state index is 0.395. The molecule has 1 aromatic carbocycles. The van der Waals surface area contributed by atoms with E-state index in [2.05, 4.69) is 43.9 Å². The van der Waals surface area contributed by atoms with E-state index in [-0.39, 0.29) is 0 Å². The molecule has 3 rings (SSSR count). The zero-order chi connectivity index (χ0) is 12.9. The molecule has 0 amide bonds. The lowest BCUT2D eigenvalue weighted by atomic mass is 10.00. The zero-order valence-electron chi connectivity index (χ0n) is 11.7. The van der Waals surface area contributed by atoms with Crippen molar-refractivity contribution in [3.63, 3.8) is 0 Å². The Morgan fingerprint density at radius 3 is 2.78 bits per heavy atom. The molecule has 0 aromatic heterocycles. The molecular weight excluding hydrogens is 220 g/mol. The summed E-state index contributed by atoms with van der Waals surface area (Å²) in [5, 5.41) is 0. The molecule has 98 valence electrons. The Kier molecular flexibility index (Phi) is 2.67. The Morgan fingerprint density at radius 1 is 1.39 bits per heavy atom. The highest BCUT2D eigenvalue weighted by atomic mass is 15.1. The SMILES string of the molecule is CCN1CCc2cc([C@H]3[C@H](CN)C3(C)C)ccc21. The van der Waals surface area contributed by atoms with Gasteiger partial charge in [-0.2, -0.15) is 0 Å². The monoisotopic (exact) mass is 244 g/mol. The average molecular weight is 244 g/mol. The average Bonchev–Trinajstić information content (AvgIpc) is 2.72. The summed E-state index contributed by atoms with van der Waals surface area (Å²) in [6.07, 6.45) is 1.21. The molecular formula is C16H24N2. The van der Waals surface area contributed by atoms with Crippen LogP contribution in [0.1, 0.15) is 37.8 Å². The van der Waals surface area contributed by atoms with Crippen molar-refractivity contribution in [1.82, 2.24) is 0 Å². The summed E-state index contributed by atoms with van der Waals surface area (Å²) < 4.78 is 0. The fourth-order valence-corrected chi connectivity index (χ4v) is 3.86. The van der Waals surface area contributed by atoms with Crippen molar-refractivity contribution in [2.75, 3.05) is 24.5 Å². The minimum Gasteiger partial charge on any atom is -0.371 e. The number of anilines is 1. The van der Waals surface area contributed by atoms with Crippen LogP contribution in [0.4, 0.5) is 5.69 Å². The number of likely N-dealkylation sites (N-methyl/N-ethyl adjacent to an activating group) is 1. The van der Waals surface area contributed by atoms with E-state index in [1.54, 1.807) is 0 Å². The Bertz CT molecular complexity index is 464. The highest BCUT2D eigenvalue weighted by molar-refractivity contribution is 5.60. The number of benzene rings is 1. The topological polar surface area (TPSA) is 29.3 Å². The van der Waals surface area contributed by atoms with Crippen molar-refractivity contribution in [3.05, 3.63) is 29.3 Å². The molecule has 1 aromatic rings. The second kappa shape index (κ2) is 3.99. The molecule has 1 aliphatic carbocycles. The molecule has 0 radical (unpaired) electrons. The van der Waals surface area contributed by atoms with Gasteiger partial charge in [-0.25, -0.2) is 0 Å². The standard InChI is InChI=1S/C16H24N2/c1-4-18-8-7-11-9-12(5-6-14(11)18)15-13(10-17)16(15,2)3/h5-6,9,13,15H,4,7-8,10,17H2,1-3H3/t13-,15-/m0/s1. The van der Waals surface area contributed by atoms with Crippen molar-refractivity contribution in [2.24, 2.45) is 17.1 Å². The molecule has 1 heterocycles. The Labute approximate surface area is 110 Å². The summed E-state index contributed by atoms with van der Waals surface area (Å²) in [6.45, 7) is 10.0. The number of nitrogens with zero attached hydrogens (tertiary/aromatic N) is 1. The highest BCUT2D eigenvalue weighted by Crippen LogP contribution is 2.64. The van der Waals surface area contributed by atoms with Crippen LogP contribution in [0.5, 0.6) is 0 Å². The van der Waals surface area contributed by atoms with Crippen molar-refractivity contribution in [2.45, 2.75) is 33.1 Å². The number of nitrogens with two attached hydrogens (primary N) is 1. The fourth-order valence-electron chi connectivity index (χ4n) is 3.86. The normalized spacial score (nSPS) is 28.3. The summed E-state index contributed by atoms with van der Waals surface area (Å²) in [4.78, 5) is 2.47. The summed E-state index contributed by atoms with van der Waals surface area (Å²) in [7, 11) is 0. The smallest absolute Gasteiger partial charge is 0.0399 e. The van der Waals surface area contributed by atoms with Crippen LogP contribution in [-0.2, 0) is 6.42 Å². The maximum absolute atomic E-state index is 5.89. The Balaban J connectivity index is 1.89. The first-order valence-electron chi connectivity index (χ1n) is 7.17. The third kappa shape index (κ3) is 1.58. The van der Waals surface area contributed by atoms with Gasteiger partial charge in [0.25, 0.3) is 0 Å². The van der Waals surface area contributed by atoms with Crippen molar-refractivity contribution in [3.8, 4) is 0 Å². The van der Waals surface area contributed by atoms with E-state index < -0.39 is 0 Å². The van der Waals surface area contributed by atoms with Crippen molar-refractivity contribution < 1.29 is 0 Å². The van der Waals surface area contributed by atoms with Crippen LogP contribution in [-0.4, -0.2) is 19.6 Å². The molecule has 1 saturated carbocycles. The zero-order valence-corrected chi connectivity index (χ0v) is 11.7. The number of hydrogen-bond donors (Lipinski definition) is 1. The predicted octanol–water partition coefficient (Wildman–Crippen LogP) is 2.77. The summed E-state index contributed by atoms with van der Waals surface area (Å²) >= 11 is 0. The van der Waals surface area contributed by atoms with E-state index in [4.69, 9.17) is 5.73 Å². The van der Waals surface area contributed by atoms with Gasteiger partial charge in [0.05, 0.1) is 0 Å². The number of rotatable bonds is 3. The first-order chi connectivity index (χ1) is 8.59. The second-order valence-electron chi connectivity index (χ2n) is 6.36. The summed E-state index contributed by atoms with van der Waals surface area (Å²) in [5.41, 5.74) is 10.8. The molecule has 2 atom stereocenters. The van der Waals surface area contributed by atoms with Crippen LogP contribution in [0, 0.1) is 11.3 Å². The third-order valence-electron chi connectivity index (χ3n) is 5.14. The van der Waals surface area contributed by atoms with Crippen molar-refractivity contribution in [1.29, 1.82) is 0 Å². The van der Waals surface area contributed by atoms with Gasteiger partial charge in [0.1, 0.15) is 0 Å². The first-order valence-corrected chi connectivity index (χ1v) is 7.17. The molecule has 0 unspecified atom stereocenters. The maximum Gasteiger partial charge on any atom is 0.0399 e. The van der Waals surface area contributed by atoms with Crippen LogP contribution >= 0.6 is 0 Å². The lowest BCUT2D eigenvalue weighted by molar-refractivity contribution is 0.558. The molecule has 1 fully saturated rings. The Hall–Kier alpha value is -1.02. The van der Waals surface area contributed by atoms with Gasteiger partial charge < -0.3 is 10.6 Å². The molecule has 18 heavy (non-hydrogen) atoms. The molecule has 0 spiro atoms. The number of fused-ring (bicyclic) bond motifs is 1. The second-order valence-corrected chi connectivity index (χ2v) is 6.36. The van der Waals surface area contributed by atoms with Crippen LogP contribution in [0.3, 0.4) is 0 Å². The molecule has 0 bridgehead atoms. The molecule has 2 heteroatoms. The van der Waals surface area contributed by atoms with Gasteiger partial charge in [0.15, 0.2) is 0 Å². The largest absolute Gasteiger partial charge is 0.371 e. The van der Waals surface area contributed by atoms with E-state index in [1.807, 2.05) is 0 Å². The fraction of sp³-hybridized carbons (Fsp3) is 0.625. The van der Waals surface area contributed by atoms with Gasteiger partial charge in [-0.15, -0.1) is 0 Å². The van der Waals surface area contributed by atoms with Crippen molar-refractivity contribution >= 4 is 5.69 Å². The Morgan fingerprint density at radius 2 is 2.17 bits per heavy atom. The highest BCUT2D eigenvalue weighted by Gasteiger charge is 2.57. The van der Waals surface area contributed by atoms with Crippen LogP contribution in [0.25, 0.3) is 0 Å². The summed E-state index contributed by atoms with van der Waals surface area (Å²) in [5.74, 6) is 1.34. The quantitative estimate of drug-likeness (QED) is 0.886. The minimum absolute atomic E-state index is 0.395. The van der Waals surface area contributed by atoms with E-state index >= 15 is 0 Å². The summed E-state index contributed by atoms with van der Waals surface area (Å²) in [6, 6.07) is 7.09. The molecule has 2 aliphatic rings. The van der Waals surface area contributed by atoms with Gasteiger partial charge in [-0.05, 0) is 54.3 Å². The van der Waals surface area contributed by atoms with E-state index in [0.29, 0.717) is 17.3 Å². The maximum atomic E-state index is 5.89. The molecule has 2 nitrogen and oxygen atoms in total. The lowest BCUT2D eigenvalue weighted by Gasteiger charge is -2.16. The first kappa shape index (κ1) is 12.0. The van der Waals surface area contributed by atoms with E-state index in [1.165, 1.54) is 29.8 Å². The van der Waals surface area contributed by atoms with Gasteiger partial charge in [-0.1, -0.05) is 26.0 Å². The third-order valence-corrected chi connectivity index (χ3v) is 5.14. The molecule has 1 aliphatic heterocycles. The molecule has 0 saturated heterocycles. The predicted molar refractivity (Wildman–Crippen MR) is 77.1 cm³/mol. The van der Waals surface area contributed by atoms with Gasteiger partial charge in [-0.3, -0.25) is 0 Å².